The molecule has 2 aliphatic carbocycles. The number of hydrogen-bond acceptors (Lipinski definition) is 1. The normalized spacial score (nSPS) is 37.3. The Kier molecular flexibility index (Phi) is 6.03. The second-order valence-corrected chi connectivity index (χ2v) is 8.46. The molecule has 1 saturated heterocycles. The first-order valence-corrected chi connectivity index (χ1v) is 10.1. The van der Waals surface area contributed by atoms with E-state index >= 15 is 0 Å². The van der Waals surface area contributed by atoms with Gasteiger partial charge >= 0.3 is 0 Å². The first kappa shape index (κ1) is 15.8. The van der Waals surface area contributed by atoms with Crippen LogP contribution < -0.4 is 5.32 Å². The van der Waals surface area contributed by atoms with Crippen LogP contribution in [0.2, 0.25) is 0 Å². The van der Waals surface area contributed by atoms with Gasteiger partial charge in [0.25, 0.3) is 0 Å². The summed E-state index contributed by atoms with van der Waals surface area (Å²) in [6.45, 7) is 3.75. The molecule has 0 radical (unpaired) electrons. The van der Waals surface area contributed by atoms with Crippen molar-refractivity contribution in [2.75, 3.05) is 6.54 Å². The van der Waals surface area contributed by atoms with Crippen LogP contribution in [0.5, 0.6) is 0 Å². The Hall–Kier alpha value is -0.0400. The summed E-state index contributed by atoms with van der Waals surface area (Å²) in [5.41, 5.74) is 0. The Morgan fingerprint density at radius 1 is 0.762 bits per heavy atom. The van der Waals surface area contributed by atoms with Crippen molar-refractivity contribution < 1.29 is 0 Å². The molecule has 1 nitrogen and oxygen atoms in total. The van der Waals surface area contributed by atoms with Crippen molar-refractivity contribution in [1.82, 2.24) is 5.32 Å². The molecule has 1 aliphatic heterocycles. The van der Waals surface area contributed by atoms with E-state index in [1.165, 1.54) is 77.2 Å². The van der Waals surface area contributed by atoms with E-state index in [0.717, 1.165) is 29.7 Å². The lowest BCUT2D eigenvalue weighted by molar-refractivity contribution is 0.107. The summed E-state index contributed by atoms with van der Waals surface area (Å²) in [6.07, 6.45) is 19.5. The van der Waals surface area contributed by atoms with Crippen LogP contribution in [0.25, 0.3) is 0 Å². The van der Waals surface area contributed by atoms with E-state index in [9.17, 15) is 0 Å². The van der Waals surface area contributed by atoms with Crippen LogP contribution in [0.3, 0.4) is 0 Å². The van der Waals surface area contributed by atoms with Crippen LogP contribution in [0.4, 0.5) is 0 Å². The van der Waals surface area contributed by atoms with Crippen LogP contribution in [0.1, 0.15) is 90.4 Å². The van der Waals surface area contributed by atoms with Gasteiger partial charge < -0.3 is 5.32 Å². The van der Waals surface area contributed by atoms with Crippen molar-refractivity contribution in [1.29, 1.82) is 0 Å². The highest BCUT2D eigenvalue weighted by atomic mass is 14.9. The second kappa shape index (κ2) is 7.99. The van der Waals surface area contributed by atoms with E-state index in [-0.39, 0.29) is 0 Å². The van der Waals surface area contributed by atoms with Gasteiger partial charge in [-0.25, -0.2) is 0 Å². The van der Waals surface area contributed by atoms with E-state index < -0.39 is 0 Å². The number of rotatable bonds is 4. The van der Waals surface area contributed by atoms with Crippen LogP contribution in [0, 0.1) is 23.7 Å². The fraction of sp³-hybridized carbons (Fsp3) is 1.00. The minimum absolute atomic E-state index is 0.852. The molecule has 0 aromatic rings. The Balaban J connectivity index is 1.61. The van der Waals surface area contributed by atoms with Crippen LogP contribution in [-0.2, 0) is 0 Å². The molecule has 1 N–H and O–H groups in total. The van der Waals surface area contributed by atoms with Gasteiger partial charge in [0.05, 0.1) is 0 Å². The van der Waals surface area contributed by atoms with Crippen LogP contribution >= 0.6 is 0 Å². The zero-order chi connectivity index (χ0) is 14.5. The van der Waals surface area contributed by atoms with Gasteiger partial charge in [-0.15, -0.1) is 0 Å². The van der Waals surface area contributed by atoms with Gasteiger partial charge in [0, 0.05) is 6.04 Å². The molecule has 122 valence electrons. The molecule has 3 fully saturated rings. The van der Waals surface area contributed by atoms with Gasteiger partial charge in [-0.3, -0.25) is 0 Å². The minimum atomic E-state index is 0.852. The van der Waals surface area contributed by atoms with E-state index in [4.69, 9.17) is 0 Å². The first-order chi connectivity index (χ1) is 10.3. The summed E-state index contributed by atoms with van der Waals surface area (Å²) in [4.78, 5) is 0. The molecule has 1 heterocycles. The molecule has 21 heavy (non-hydrogen) atoms. The number of piperidine rings is 1. The van der Waals surface area contributed by atoms with Gasteiger partial charge in [-0.05, 0) is 62.3 Å². The fourth-order valence-electron chi connectivity index (χ4n) is 5.50. The lowest BCUT2D eigenvalue weighted by atomic mass is 9.66. The molecular formula is C20H37N. The minimum Gasteiger partial charge on any atom is -0.314 e. The highest BCUT2D eigenvalue weighted by molar-refractivity contribution is 4.86. The van der Waals surface area contributed by atoms with Crippen molar-refractivity contribution in [2.24, 2.45) is 23.7 Å². The average Bonchev–Trinajstić information content (AvgIpc) is 2.55. The summed E-state index contributed by atoms with van der Waals surface area (Å²) in [5, 5.41) is 3.84. The maximum Gasteiger partial charge on any atom is 0.00699 e. The van der Waals surface area contributed by atoms with E-state index in [1.807, 2.05) is 0 Å². The average molecular weight is 292 g/mol. The Bertz CT molecular complexity index is 280. The topological polar surface area (TPSA) is 12.0 Å². The standard InChI is InChI=1S/C20H37N/c1-16-10-12-18(13-11-16)20(17-7-3-2-4-8-17)15-19-9-5-6-14-21-19/h16-21H,2-15H2,1H3. The predicted molar refractivity (Wildman–Crippen MR) is 91.4 cm³/mol. The lowest BCUT2D eigenvalue weighted by Gasteiger charge is -2.41. The Morgan fingerprint density at radius 2 is 1.43 bits per heavy atom. The smallest absolute Gasteiger partial charge is 0.00699 e. The summed E-state index contributed by atoms with van der Waals surface area (Å²) < 4.78 is 0. The number of nitrogens with one attached hydrogen (secondary N) is 1. The zero-order valence-electron chi connectivity index (χ0n) is 14.3. The van der Waals surface area contributed by atoms with E-state index in [2.05, 4.69) is 12.2 Å². The van der Waals surface area contributed by atoms with Crippen molar-refractivity contribution >= 4 is 0 Å². The summed E-state index contributed by atoms with van der Waals surface area (Å²) >= 11 is 0. The SMILES string of the molecule is CC1CCC(C(CC2CCCCN2)C2CCCCC2)CC1. The molecule has 0 bridgehead atoms. The third-order valence-corrected chi connectivity index (χ3v) is 6.89. The summed E-state index contributed by atoms with van der Waals surface area (Å²) in [6, 6.07) is 0.852. The second-order valence-electron chi connectivity index (χ2n) is 8.46. The van der Waals surface area contributed by atoms with Gasteiger partial charge in [-0.1, -0.05) is 58.3 Å². The monoisotopic (exact) mass is 291 g/mol. The summed E-state index contributed by atoms with van der Waals surface area (Å²) in [5.74, 6) is 4.18. The van der Waals surface area contributed by atoms with Crippen molar-refractivity contribution in [3.63, 3.8) is 0 Å². The molecule has 1 heteroatoms. The Labute approximate surface area is 132 Å². The molecule has 0 spiro atoms. The molecule has 0 aromatic heterocycles. The van der Waals surface area contributed by atoms with Crippen LogP contribution in [0.15, 0.2) is 0 Å². The summed E-state index contributed by atoms with van der Waals surface area (Å²) in [7, 11) is 0. The zero-order valence-corrected chi connectivity index (χ0v) is 14.3. The van der Waals surface area contributed by atoms with E-state index in [0.29, 0.717) is 0 Å². The maximum absolute atomic E-state index is 3.84. The van der Waals surface area contributed by atoms with Gasteiger partial charge in [0.1, 0.15) is 0 Å². The molecular weight excluding hydrogens is 254 g/mol. The van der Waals surface area contributed by atoms with Gasteiger partial charge in [-0.2, -0.15) is 0 Å². The maximum atomic E-state index is 3.84. The molecule has 2 saturated carbocycles. The predicted octanol–water partition coefficient (Wildman–Crippen LogP) is 5.54. The first-order valence-electron chi connectivity index (χ1n) is 10.1. The third kappa shape index (κ3) is 4.47. The lowest BCUT2D eigenvalue weighted by Crippen LogP contribution is -2.39. The largest absolute Gasteiger partial charge is 0.314 e. The van der Waals surface area contributed by atoms with Gasteiger partial charge in [0.15, 0.2) is 0 Å². The Morgan fingerprint density at radius 3 is 2.10 bits per heavy atom. The molecule has 0 aromatic carbocycles. The molecule has 3 aliphatic rings. The van der Waals surface area contributed by atoms with Crippen molar-refractivity contribution in [2.45, 2.75) is 96.4 Å². The third-order valence-electron chi connectivity index (χ3n) is 6.89. The van der Waals surface area contributed by atoms with Crippen molar-refractivity contribution in [3.05, 3.63) is 0 Å². The molecule has 2 atom stereocenters. The van der Waals surface area contributed by atoms with Gasteiger partial charge in [0.2, 0.25) is 0 Å². The quantitative estimate of drug-likeness (QED) is 0.717. The fourth-order valence-corrected chi connectivity index (χ4v) is 5.50. The molecule has 3 rings (SSSR count). The van der Waals surface area contributed by atoms with Crippen LogP contribution in [-0.4, -0.2) is 12.6 Å². The number of hydrogen-bond donors (Lipinski definition) is 1. The molecule has 0 amide bonds. The van der Waals surface area contributed by atoms with E-state index in [1.54, 1.807) is 12.8 Å². The van der Waals surface area contributed by atoms with Crippen molar-refractivity contribution in [3.8, 4) is 0 Å². The highest BCUT2D eigenvalue weighted by Crippen LogP contribution is 2.43. The molecule has 2 unspecified atom stereocenters. The highest BCUT2D eigenvalue weighted by Gasteiger charge is 2.34.